The fourth-order valence-electron chi connectivity index (χ4n) is 2.79. The lowest BCUT2D eigenvalue weighted by atomic mass is 9.93. The summed E-state index contributed by atoms with van der Waals surface area (Å²) >= 11 is 3.24. The molecule has 1 amide bonds. The van der Waals surface area contributed by atoms with Crippen LogP contribution in [0.15, 0.2) is 46.2 Å². The van der Waals surface area contributed by atoms with Crippen molar-refractivity contribution in [3.05, 3.63) is 51.7 Å². The Labute approximate surface area is 178 Å². The number of nitrogens with one attached hydrogen (secondary N) is 1. The van der Waals surface area contributed by atoms with E-state index in [1.807, 2.05) is 13.8 Å². The molecule has 2 rings (SSSR count). The van der Waals surface area contributed by atoms with E-state index in [0.29, 0.717) is 49.5 Å². The number of anilines is 1. The van der Waals surface area contributed by atoms with Gasteiger partial charge in [0.25, 0.3) is 5.91 Å². The van der Waals surface area contributed by atoms with E-state index >= 15 is 0 Å². The molecule has 0 saturated heterocycles. The second kappa shape index (κ2) is 11.7. The lowest BCUT2D eigenvalue weighted by molar-refractivity contribution is -0.113. The maximum absolute atomic E-state index is 12.6. The maximum atomic E-state index is 12.6. The monoisotopic (exact) mass is 467 g/mol. The van der Waals surface area contributed by atoms with Crippen LogP contribution in [0.3, 0.4) is 0 Å². The number of halogens is 1. The van der Waals surface area contributed by atoms with Crippen LogP contribution in [0.4, 0.5) is 5.69 Å². The van der Waals surface area contributed by atoms with Crippen molar-refractivity contribution in [3.8, 4) is 0 Å². The van der Waals surface area contributed by atoms with Gasteiger partial charge < -0.3 is 24.6 Å². The zero-order valence-corrected chi connectivity index (χ0v) is 18.2. The first kappa shape index (κ1) is 23.1. The number of benzene rings is 1. The number of hydrogen-bond donors (Lipinski definition) is 2. The van der Waals surface area contributed by atoms with E-state index in [0.717, 1.165) is 5.76 Å². The summed E-state index contributed by atoms with van der Waals surface area (Å²) in [7, 11) is 0. The van der Waals surface area contributed by atoms with Crippen molar-refractivity contribution in [1.82, 2.24) is 0 Å². The Hall–Kier alpha value is -2.16. The van der Waals surface area contributed by atoms with E-state index in [4.69, 9.17) is 14.2 Å². The van der Waals surface area contributed by atoms with Gasteiger partial charge in [0.1, 0.15) is 6.61 Å². The van der Waals surface area contributed by atoms with Crippen molar-refractivity contribution in [3.63, 3.8) is 0 Å². The predicted molar refractivity (Wildman–Crippen MR) is 113 cm³/mol. The summed E-state index contributed by atoms with van der Waals surface area (Å²) in [6.07, 6.45) is 3.99. The molecule has 0 fully saturated rings. The average molecular weight is 468 g/mol. The Morgan fingerprint density at radius 3 is 2.59 bits per heavy atom. The lowest BCUT2D eigenvalue weighted by Gasteiger charge is -2.22. The minimum Gasteiger partial charge on any atom is -0.495 e. The number of ether oxygens (including phenoxy) is 3. The highest BCUT2D eigenvalue weighted by Crippen LogP contribution is 2.27. The highest BCUT2D eigenvalue weighted by molar-refractivity contribution is 9.10. The molecule has 0 bridgehead atoms. The molecule has 8 heteroatoms. The molecule has 158 valence electrons. The summed E-state index contributed by atoms with van der Waals surface area (Å²) in [5.74, 6) is -0.597. The SMILES string of the molecule is CCOCCOCCOC1=CC=C(C(=O)Nc2ccc(Br)cc2C(=O)O)CC1C. The van der Waals surface area contributed by atoms with Gasteiger partial charge in [-0.3, -0.25) is 4.79 Å². The molecule has 0 saturated carbocycles. The summed E-state index contributed by atoms with van der Waals surface area (Å²) in [5.41, 5.74) is 0.854. The highest BCUT2D eigenvalue weighted by atomic mass is 79.9. The van der Waals surface area contributed by atoms with Gasteiger partial charge in [-0.05, 0) is 37.6 Å². The van der Waals surface area contributed by atoms with Crippen LogP contribution < -0.4 is 5.32 Å². The number of hydrogen-bond acceptors (Lipinski definition) is 5. The zero-order chi connectivity index (χ0) is 21.2. The van der Waals surface area contributed by atoms with Gasteiger partial charge in [-0.25, -0.2) is 4.79 Å². The topological polar surface area (TPSA) is 94.1 Å². The molecule has 0 aliphatic heterocycles. The summed E-state index contributed by atoms with van der Waals surface area (Å²) in [5, 5.41) is 12.0. The zero-order valence-electron chi connectivity index (χ0n) is 16.6. The smallest absolute Gasteiger partial charge is 0.337 e. The maximum Gasteiger partial charge on any atom is 0.337 e. The van der Waals surface area contributed by atoms with Crippen LogP contribution in [0.25, 0.3) is 0 Å². The van der Waals surface area contributed by atoms with Crippen molar-refractivity contribution >= 4 is 33.5 Å². The molecule has 2 N–H and O–H groups in total. The largest absolute Gasteiger partial charge is 0.495 e. The number of carbonyl (C=O) groups excluding carboxylic acids is 1. The quantitative estimate of drug-likeness (QED) is 0.477. The molecule has 0 heterocycles. The molecule has 1 aliphatic rings. The van der Waals surface area contributed by atoms with Gasteiger partial charge in [0.15, 0.2) is 0 Å². The van der Waals surface area contributed by atoms with Crippen molar-refractivity contribution in [2.24, 2.45) is 5.92 Å². The molecule has 1 unspecified atom stereocenters. The molecule has 1 aromatic rings. The molecule has 0 spiro atoms. The van der Waals surface area contributed by atoms with Crippen LogP contribution in [0.5, 0.6) is 0 Å². The van der Waals surface area contributed by atoms with E-state index in [1.165, 1.54) is 6.07 Å². The summed E-state index contributed by atoms with van der Waals surface area (Å²) in [6.45, 7) is 6.58. The molecule has 7 nitrogen and oxygen atoms in total. The van der Waals surface area contributed by atoms with E-state index in [-0.39, 0.29) is 23.1 Å². The lowest BCUT2D eigenvalue weighted by Crippen LogP contribution is -2.21. The molecular formula is C21H26BrNO6. The van der Waals surface area contributed by atoms with E-state index < -0.39 is 5.97 Å². The van der Waals surface area contributed by atoms with E-state index in [2.05, 4.69) is 21.2 Å². The van der Waals surface area contributed by atoms with Crippen LogP contribution >= 0.6 is 15.9 Å². The fourth-order valence-corrected chi connectivity index (χ4v) is 3.15. The van der Waals surface area contributed by atoms with Gasteiger partial charge in [-0.15, -0.1) is 0 Å². The minimum absolute atomic E-state index is 0.0288. The number of rotatable bonds is 11. The van der Waals surface area contributed by atoms with Crippen LogP contribution in [-0.2, 0) is 19.0 Å². The number of allylic oxidation sites excluding steroid dienone is 3. The van der Waals surface area contributed by atoms with Crippen LogP contribution in [0.2, 0.25) is 0 Å². The molecule has 1 aromatic carbocycles. The Kier molecular flexibility index (Phi) is 9.37. The minimum atomic E-state index is -1.10. The standard InChI is InChI=1S/C21H26BrNO6/c1-3-27-8-9-28-10-11-29-19-7-4-15(12-14(19)2)20(24)23-18-6-5-16(22)13-17(18)21(25)26/h4-7,13-14H,3,8-12H2,1-2H3,(H,23,24)(H,25,26). The third-order valence-corrected chi connectivity index (χ3v) is 4.78. The van der Waals surface area contributed by atoms with E-state index in [9.17, 15) is 14.7 Å². The summed E-state index contributed by atoms with van der Waals surface area (Å²) in [6, 6.07) is 4.70. The fraction of sp³-hybridized carbons (Fsp3) is 0.429. The summed E-state index contributed by atoms with van der Waals surface area (Å²) < 4.78 is 17.0. The summed E-state index contributed by atoms with van der Waals surface area (Å²) in [4.78, 5) is 24.0. The Morgan fingerprint density at radius 2 is 1.90 bits per heavy atom. The van der Waals surface area contributed by atoms with Gasteiger partial charge in [0, 0.05) is 22.6 Å². The Bertz CT molecular complexity index is 789. The second-order valence-electron chi connectivity index (χ2n) is 6.47. The highest BCUT2D eigenvalue weighted by Gasteiger charge is 2.22. The first-order valence-corrected chi connectivity index (χ1v) is 10.2. The van der Waals surface area contributed by atoms with Gasteiger partial charge >= 0.3 is 5.97 Å². The van der Waals surface area contributed by atoms with Gasteiger partial charge in [-0.2, -0.15) is 0 Å². The van der Waals surface area contributed by atoms with E-state index in [1.54, 1.807) is 24.3 Å². The van der Waals surface area contributed by atoms with Crippen molar-refractivity contribution in [1.29, 1.82) is 0 Å². The molecule has 0 radical (unpaired) electrons. The third-order valence-electron chi connectivity index (χ3n) is 4.28. The average Bonchev–Trinajstić information content (AvgIpc) is 2.69. The number of carboxylic acid groups (broad SMARTS) is 1. The van der Waals surface area contributed by atoms with Crippen molar-refractivity contribution in [2.45, 2.75) is 20.3 Å². The second-order valence-corrected chi connectivity index (χ2v) is 7.39. The number of aromatic carboxylic acids is 1. The number of carboxylic acids is 1. The van der Waals surface area contributed by atoms with Crippen molar-refractivity contribution < 1.29 is 28.9 Å². The first-order valence-electron chi connectivity index (χ1n) is 9.45. The Balaban J connectivity index is 1.90. The van der Waals surface area contributed by atoms with Crippen molar-refractivity contribution in [2.75, 3.05) is 38.4 Å². The third kappa shape index (κ3) is 7.30. The van der Waals surface area contributed by atoms with Gasteiger partial charge in [-0.1, -0.05) is 28.9 Å². The Morgan fingerprint density at radius 1 is 1.17 bits per heavy atom. The van der Waals surface area contributed by atoms with Gasteiger partial charge in [0.2, 0.25) is 0 Å². The molecular weight excluding hydrogens is 442 g/mol. The molecule has 1 aliphatic carbocycles. The van der Waals surface area contributed by atoms with Crippen LogP contribution in [0.1, 0.15) is 30.6 Å². The molecule has 29 heavy (non-hydrogen) atoms. The first-order chi connectivity index (χ1) is 13.9. The van der Waals surface area contributed by atoms with Crippen LogP contribution in [0, 0.1) is 5.92 Å². The predicted octanol–water partition coefficient (Wildman–Crippen LogP) is 4.01. The molecule has 1 atom stereocenters. The molecule has 0 aromatic heterocycles. The normalized spacial score (nSPS) is 16.0. The number of carbonyl (C=O) groups is 2. The van der Waals surface area contributed by atoms with Crippen LogP contribution in [-0.4, -0.2) is 50.0 Å². The van der Waals surface area contributed by atoms with Gasteiger partial charge in [0.05, 0.1) is 36.8 Å². The number of amides is 1.